The molecule has 0 bridgehead atoms. The van der Waals surface area contributed by atoms with E-state index in [0.717, 1.165) is 18.5 Å². The molecular weight excluding hydrogens is 448 g/mol. The zero-order chi connectivity index (χ0) is 25.2. The molecule has 186 valence electrons. The molecule has 2 aromatic rings. The molecule has 3 rings (SSSR count). The van der Waals surface area contributed by atoms with Crippen molar-refractivity contribution in [1.82, 2.24) is 10.2 Å². The molecule has 0 spiro atoms. The normalized spacial score (nSPS) is 15.7. The Labute approximate surface area is 205 Å². The van der Waals surface area contributed by atoms with Gasteiger partial charge < -0.3 is 20.3 Å². The molecule has 1 heterocycles. The van der Waals surface area contributed by atoms with Crippen molar-refractivity contribution >= 4 is 35.1 Å². The molecule has 2 N–H and O–H groups in total. The SMILES string of the molecule is CCCCOC(=O)CC1C(=O)NCCN1CC(=O)Nc1cccc(C(=O)N(C)c2ccccc2)c1. The molecule has 2 aromatic carbocycles. The predicted molar refractivity (Wildman–Crippen MR) is 133 cm³/mol. The quantitative estimate of drug-likeness (QED) is 0.400. The molecule has 1 unspecified atom stereocenters. The summed E-state index contributed by atoms with van der Waals surface area (Å²) >= 11 is 0. The first-order chi connectivity index (χ1) is 16.9. The maximum Gasteiger partial charge on any atom is 0.307 e. The van der Waals surface area contributed by atoms with Gasteiger partial charge in [-0.1, -0.05) is 37.6 Å². The number of nitrogens with one attached hydrogen (secondary N) is 2. The fourth-order valence-electron chi connectivity index (χ4n) is 3.80. The standard InChI is InChI=1S/C26H32N4O5/c1-3-4-15-35-24(32)17-22-25(33)27-13-14-30(22)18-23(31)28-20-10-8-9-19(16-20)26(34)29(2)21-11-6-5-7-12-21/h5-12,16,22H,3-4,13-15,17-18H2,1-2H3,(H,27,33)(H,28,31). The van der Waals surface area contributed by atoms with Crippen molar-refractivity contribution in [2.24, 2.45) is 0 Å². The number of hydrogen-bond donors (Lipinski definition) is 2. The van der Waals surface area contributed by atoms with E-state index in [2.05, 4.69) is 10.6 Å². The smallest absolute Gasteiger partial charge is 0.307 e. The molecule has 0 aromatic heterocycles. The first-order valence-electron chi connectivity index (χ1n) is 11.8. The summed E-state index contributed by atoms with van der Waals surface area (Å²) in [6.07, 6.45) is 1.55. The molecule has 1 aliphatic rings. The minimum atomic E-state index is -0.768. The molecule has 0 aliphatic carbocycles. The number of para-hydroxylation sites is 1. The summed E-state index contributed by atoms with van der Waals surface area (Å²) in [4.78, 5) is 53.4. The summed E-state index contributed by atoms with van der Waals surface area (Å²) in [7, 11) is 1.69. The molecular formula is C26H32N4O5. The second kappa shape index (κ2) is 12.7. The number of piperazine rings is 1. The van der Waals surface area contributed by atoms with Gasteiger partial charge in [-0.2, -0.15) is 0 Å². The highest BCUT2D eigenvalue weighted by atomic mass is 16.5. The lowest BCUT2D eigenvalue weighted by Crippen LogP contribution is -2.57. The molecule has 1 atom stereocenters. The minimum absolute atomic E-state index is 0.0670. The second-order valence-corrected chi connectivity index (χ2v) is 8.38. The Hall–Kier alpha value is -3.72. The van der Waals surface area contributed by atoms with E-state index in [1.165, 1.54) is 4.90 Å². The van der Waals surface area contributed by atoms with Crippen LogP contribution in [0.25, 0.3) is 0 Å². The van der Waals surface area contributed by atoms with E-state index in [1.807, 2.05) is 37.3 Å². The first-order valence-corrected chi connectivity index (χ1v) is 11.8. The van der Waals surface area contributed by atoms with E-state index in [4.69, 9.17) is 4.74 Å². The number of nitrogens with zero attached hydrogens (tertiary/aromatic N) is 2. The van der Waals surface area contributed by atoms with Gasteiger partial charge in [0.1, 0.15) is 6.04 Å². The Bertz CT molecular complexity index is 1040. The van der Waals surface area contributed by atoms with Crippen LogP contribution in [0.15, 0.2) is 54.6 Å². The summed E-state index contributed by atoms with van der Waals surface area (Å²) in [6.45, 7) is 3.08. The molecule has 35 heavy (non-hydrogen) atoms. The van der Waals surface area contributed by atoms with Gasteiger partial charge in [-0.05, 0) is 36.8 Å². The Morgan fingerprint density at radius 1 is 1.14 bits per heavy atom. The fourth-order valence-corrected chi connectivity index (χ4v) is 3.80. The fraction of sp³-hybridized carbons (Fsp3) is 0.385. The predicted octanol–water partition coefficient (Wildman–Crippen LogP) is 2.44. The van der Waals surface area contributed by atoms with E-state index >= 15 is 0 Å². The van der Waals surface area contributed by atoms with Crippen LogP contribution in [0.5, 0.6) is 0 Å². The van der Waals surface area contributed by atoms with Gasteiger partial charge in [0.25, 0.3) is 5.91 Å². The summed E-state index contributed by atoms with van der Waals surface area (Å²) in [5, 5.41) is 5.53. The highest BCUT2D eigenvalue weighted by Gasteiger charge is 2.33. The zero-order valence-electron chi connectivity index (χ0n) is 20.2. The number of esters is 1. The van der Waals surface area contributed by atoms with Gasteiger partial charge in [-0.3, -0.25) is 24.1 Å². The van der Waals surface area contributed by atoms with Gasteiger partial charge in [0.2, 0.25) is 11.8 Å². The molecule has 1 saturated heterocycles. The second-order valence-electron chi connectivity index (χ2n) is 8.38. The molecule has 0 radical (unpaired) electrons. The van der Waals surface area contributed by atoms with E-state index < -0.39 is 12.0 Å². The molecule has 9 nitrogen and oxygen atoms in total. The van der Waals surface area contributed by atoms with Crippen molar-refractivity contribution in [3.05, 3.63) is 60.2 Å². The van der Waals surface area contributed by atoms with Crippen LogP contribution in [0, 0.1) is 0 Å². The highest BCUT2D eigenvalue weighted by molar-refractivity contribution is 6.06. The molecule has 3 amide bonds. The lowest BCUT2D eigenvalue weighted by Gasteiger charge is -2.33. The maximum atomic E-state index is 12.9. The van der Waals surface area contributed by atoms with Crippen LogP contribution >= 0.6 is 0 Å². The van der Waals surface area contributed by atoms with E-state index in [0.29, 0.717) is 30.9 Å². The summed E-state index contributed by atoms with van der Waals surface area (Å²) in [5.74, 6) is -1.31. The molecule has 1 fully saturated rings. The Morgan fingerprint density at radius 2 is 1.91 bits per heavy atom. The van der Waals surface area contributed by atoms with Gasteiger partial charge in [-0.25, -0.2) is 0 Å². The number of rotatable bonds is 10. The van der Waals surface area contributed by atoms with Crippen LogP contribution in [0.1, 0.15) is 36.5 Å². The third-order valence-electron chi connectivity index (χ3n) is 5.75. The number of carbonyl (C=O) groups is 4. The molecule has 0 saturated carbocycles. The van der Waals surface area contributed by atoms with Crippen molar-refractivity contribution in [2.45, 2.75) is 32.2 Å². The monoisotopic (exact) mass is 480 g/mol. The van der Waals surface area contributed by atoms with E-state index in [1.54, 1.807) is 36.2 Å². The average Bonchev–Trinajstić information content (AvgIpc) is 2.86. The number of hydrogen-bond acceptors (Lipinski definition) is 6. The number of benzene rings is 2. The largest absolute Gasteiger partial charge is 0.466 e. The number of ether oxygens (including phenoxy) is 1. The van der Waals surface area contributed by atoms with Gasteiger partial charge in [0.15, 0.2) is 0 Å². The van der Waals surface area contributed by atoms with Crippen LogP contribution in [-0.2, 0) is 19.1 Å². The lowest BCUT2D eigenvalue weighted by molar-refractivity contribution is -0.149. The lowest BCUT2D eigenvalue weighted by atomic mass is 10.1. The highest BCUT2D eigenvalue weighted by Crippen LogP contribution is 2.18. The number of anilines is 2. The molecule has 9 heteroatoms. The summed E-state index contributed by atoms with van der Waals surface area (Å²) in [6, 6.07) is 15.2. The Balaban J connectivity index is 1.61. The number of carbonyl (C=O) groups excluding carboxylic acids is 4. The Kier molecular flexibility index (Phi) is 9.37. The minimum Gasteiger partial charge on any atom is -0.466 e. The van der Waals surface area contributed by atoms with Gasteiger partial charge in [0.05, 0.1) is 19.6 Å². The average molecular weight is 481 g/mol. The van der Waals surface area contributed by atoms with Crippen molar-refractivity contribution in [3.63, 3.8) is 0 Å². The van der Waals surface area contributed by atoms with Crippen LogP contribution in [0.2, 0.25) is 0 Å². The maximum absolute atomic E-state index is 12.9. The van der Waals surface area contributed by atoms with Gasteiger partial charge >= 0.3 is 5.97 Å². The third kappa shape index (κ3) is 7.38. The van der Waals surface area contributed by atoms with Gasteiger partial charge in [-0.15, -0.1) is 0 Å². The van der Waals surface area contributed by atoms with Crippen molar-refractivity contribution in [2.75, 3.05) is 43.5 Å². The topological polar surface area (TPSA) is 108 Å². The molecule has 1 aliphatic heterocycles. The van der Waals surface area contributed by atoms with Crippen LogP contribution in [0.4, 0.5) is 11.4 Å². The van der Waals surface area contributed by atoms with Crippen molar-refractivity contribution in [1.29, 1.82) is 0 Å². The third-order valence-corrected chi connectivity index (χ3v) is 5.75. The van der Waals surface area contributed by atoms with Crippen molar-refractivity contribution < 1.29 is 23.9 Å². The zero-order valence-corrected chi connectivity index (χ0v) is 20.2. The Morgan fingerprint density at radius 3 is 2.66 bits per heavy atom. The summed E-state index contributed by atoms with van der Waals surface area (Å²) in [5.41, 5.74) is 1.66. The van der Waals surface area contributed by atoms with Crippen molar-refractivity contribution in [3.8, 4) is 0 Å². The van der Waals surface area contributed by atoms with E-state index in [-0.39, 0.29) is 30.7 Å². The number of amides is 3. The van der Waals surface area contributed by atoms with Gasteiger partial charge in [0, 0.05) is 37.1 Å². The van der Waals surface area contributed by atoms with E-state index in [9.17, 15) is 19.2 Å². The first kappa shape index (κ1) is 25.9. The summed E-state index contributed by atoms with van der Waals surface area (Å²) < 4.78 is 5.19. The van der Waals surface area contributed by atoms with Crippen LogP contribution in [-0.4, -0.2) is 67.9 Å². The van der Waals surface area contributed by atoms with Crippen LogP contribution in [0.3, 0.4) is 0 Å². The number of unbranched alkanes of at least 4 members (excludes halogenated alkanes) is 1. The van der Waals surface area contributed by atoms with Crippen LogP contribution < -0.4 is 15.5 Å².